The number of carbonyl (C=O) groups excluding carboxylic acids is 1. The Labute approximate surface area is 162 Å². The van der Waals surface area contributed by atoms with Gasteiger partial charge in [0.25, 0.3) is 5.91 Å². The van der Waals surface area contributed by atoms with Crippen LogP contribution in [0.25, 0.3) is 11.5 Å². The monoisotopic (exact) mass is 370 g/mol. The first-order chi connectivity index (χ1) is 13.8. The molecule has 138 valence electrons. The van der Waals surface area contributed by atoms with Crippen molar-refractivity contribution in [2.24, 2.45) is 0 Å². The van der Waals surface area contributed by atoms with Crippen LogP contribution in [0.15, 0.2) is 83.7 Å². The quantitative estimate of drug-likeness (QED) is 0.547. The Morgan fingerprint density at radius 3 is 2.68 bits per heavy atom. The van der Waals surface area contributed by atoms with Crippen molar-refractivity contribution in [2.75, 3.05) is 11.4 Å². The van der Waals surface area contributed by atoms with Crippen LogP contribution in [0.1, 0.15) is 22.1 Å². The Bertz CT molecular complexity index is 1100. The van der Waals surface area contributed by atoms with Gasteiger partial charge in [0.15, 0.2) is 5.69 Å². The fraction of sp³-hybridized carbons (Fsp3) is 0.136. The van der Waals surface area contributed by atoms with Crippen LogP contribution in [0.5, 0.6) is 0 Å². The highest BCUT2D eigenvalue weighted by atomic mass is 16.3. The van der Waals surface area contributed by atoms with Crippen molar-refractivity contribution in [1.82, 2.24) is 14.8 Å². The van der Waals surface area contributed by atoms with Crippen LogP contribution in [-0.4, -0.2) is 27.2 Å². The summed E-state index contributed by atoms with van der Waals surface area (Å²) in [6, 6.07) is 19.5. The molecule has 5 rings (SSSR count). The summed E-state index contributed by atoms with van der Waals surface area (Å²) in [5.74, 6) is 0.271. The summed E-state index contributed by atoms with van der Waals surface area (Å²) >= 11 is 0. The van der Waals surface area contributed by atoms with Crippen LogP contribution in [0.4, 0.5) is 5.69 Å². The summed E-state index contributed by atoms with van der Waals surface area (Å²) in [6.45, 7) is 0.533. The third kappa shape index (κ3) is 2.89. The molecule has 3 heterocycles. The van der Waals surface area contributed by atoms with E-state index >= 15 is 0 Å². The molecular formula is C22H18N4O2. The number of carbonyl (C=O) groups is 1. The summed E-state index contributed by atoms with van der Waals surface area (Å²) in [5, 5.41) is 4.37. The van der Waals surface area contributed by atoms with E-state index in [1.165, 1.54) is 6.26 Å². The highest BCUT2D eigenvalue weighted by Gasteiger charge is 2.31. The van der Waals surface area contributed by atoms with Crippen molar-refractivity contribution in [3.63, 3.8) is 0 Å². The zero-order valence-corrected chi connectivity index (χ0v) is 15.1. The Balaban J connectivity index is 1.49. The number of rotatable bonds is 3. The summed E-state index contributed by atoms with van der Waals surface area (Å²) in [5.41, 5.74) is 3.18. The Morgan fingerprint density at radius 1 is 1.04 bits per heavy atom. The molecule has 1 unspecified atom stereocenters. The lowest BCUT2D eigenvalue weighted by Crippen LogP contribution is -2.41. The molecule has 4 aromatic rings. The first-order valence-corrected chi connectivity index (χ1v) is 9.19. The maximum absolute atomic E-state index is 13.3. The van der Waals surface area contributed by atoms with Gasteiger partial charge >= 0.3 is 0 Å². The lowest BCUT2D eigenvalue weighted by molar-refractivity contribution is 0.0975. The second-order valence-corrected chi connectivity index (χ2v) is 6.79. The van der Waals surface area contributed by atoms with E-state index in [1.54, 1.807) is 11.1 Å². The number of amides is 1. The number of aromatic nitrogens is 3. The van der Waals surface area contributed by atoms with Gasteiger partial charge in [0.1, 0.15) is 6.26 Å². The average molecular weight is 370 g/mol. The van der Waals surface area contributed by atoms with Crippen molar-refractivity contribution in [1.29, 1.82) is 0 Å². The first kappa shape index (κ1) is 16.5. The van der Waals surface area contributed by atoms with Crippen LogP contribution >= 0.6 is 0 Å². The summed E-state index contributed by atoms with van der Waals surface area (Å²) in [7, 11) is 0. The van der Waals surface area contributed by atoms with Crippen LogP contribution in [0.2, 0.25) is 0 Å². The molecule has 0 spiro atoms. The van der Waals surface area contributed by atoms with Crippen molar-refractivity contribution in [2.45, 2.75) is 12.5 Å². The number of hydrogen-bond acceptors (Lipinski definition) is 4. The SMILES string of the molecule is O=C(c1coc(-c2ccccc2)n1)N1CC(n2cccn2)Cc2ccccc21. The van der Waals surface area contributed by atoms with E-state index in [9.17, 15) is 4.79 Å². The minimum absolute atomic E-state index is 0.0781. The van der Waals surface area contributed by atoms with Crippen LogP contribution < -0.4 is 4.90 Å². The Kier molecular flexibility index (Phi) is 4.01. The van der Waals surface area contributed by atoms with Gasteiger partial charge in [0.05, 0.1) is 6.04 Å². The van der Waals surface area contributed by atoms with E-state index in [0.29, 0.717) is 18.1 Å². The summed E-state index contributed by atoms with van der Waals surface area (Å²) in [6.07, 6.45) is 5.96. The molecule has 0 N–H and O–H groups in total. The van der Waals surface area contributed by atoms with Crippen LogP contribution in [0.3, 0.4) is 0 Å². The number of oxazole rings is 1. The van der Waals surface area contributed by atoms with E-state index in [2.05, 4.69) is 16.1 Å². The number of para-hydroxylation sites is 1. The van der Waals surface area contributed by atoms with E-state index in [0.717, 1.165) is 23.2 Å². The number of benzene rings is 2. The topological polar surface area (TPSA) is 64.2 Å². The van der Waals surface area contributed by atoms with Gasteiger partial charge in [-0.15, -0.1) is 0 Å². The average Bonchev–Trinajstić information content (AvgIpc) is 3.45. The molecule has 6 nitrogen and oxygen atoms in total. The fourth-order valence-corrected chi connectivity index (χ4v) is 3.66. The van der Waals surface area contributed by atoms with Crippen molar-refractivity contribution >= 4 is 11.6 Å². The molecule has 0 aliphatic carbocycles. The Hall–Kier alpha value is -3.67. The third-order valence-electron chi connectivity index (χ3n) is 5.02. The maximum Gasteiger partial charge on any atom is 0.280 e. The number of nitrogens with zero attached hydrogens (tertiary/aromatic N) is 4. The molecule has 1 atom stereocenters. The van der Waals surface area contributed by atoms with Crippen molar-refractivity contribution in [3.05, 3.63) is 90.6 Å². The summed E-state index contributed by atoms with van der Waals surface area (Å²) < 4.78 is 7.48. The maximum atomic E-state index is 13.3. The number of fused-ring (bicyclic) bond motifs is 1. The summed E-state index contributed by atoms with van der Waals surface area (Å²) in [4.78, 5) is 19.5. The molecule has 0 saturated carbocycles. The number of anilines is 1. The fourth-order valence-electron chi connectivity index (χ4n) is 3.66. The predicted molar refractivity (Wildman–Crippen MR) is 105 cm³/mol. The van der Waals surface area contributed by atoms with Gasteiger partial charge in [-0.3, -0.25) is 9.48 Å². The second kappa shape index (κ2) is 6.81. The molecule has 0 radical (unpaired) electrons. The van der Waals surface area contributed by atoms with Crippen molar-refractivity contribution < 1.29 is 9.21 Å². The van der Waals surface area contributed by atoms with Gasteiger partial charge in [-0.25, -0.2) is 4.98 Å². The zero-order chi connectivity index (χ0) is 18.9. The molecule has 28 heavy (non-hydrogen) atoms. The molecule has 2 aromatic carbocycles. The smallest absolute Gasteiger partial charge is 0.280 e. The predicted octanol–water partition coefficient (Wildman–Crippen LogP) is 3.98. The molecule has 0 fully saturated rings. The second-order valence-electron chi connectivity index (χ2n) is 6.79. The largest absolute Gasteiger partial charge is 0.444 e. The molecule has 1 aliphatic heterocycles. The van der Waals surface area contributed by atoms with Crippen LogP contribution in [0, 0.1) is 0 Å². The van der Waals surface area contributed by atoms with Gasteiger partial charge in [-0.2, -0.15) is 5.10 Å². The van der Waals surface area contributed by atoms with Gasteiger partial charge in [0, 0.05) is 30.2 Å². The highest BCUT2D eigenvalue weighted by molar-refractivity contribution is 6.05. The van der Waals surface area contributed by atoms with Crippen LogP contribution in [-0.2, 0) is 6.42 Å². The third-order valence-corrected chi connectivity index (χ3v) is 5.02. The molecule has 1 amide bonds. The van der Waals surface area contributed by atoms with Gasteiger partial charge in [-0.05, 0) is 36.2 Å². The van der Waals surface area contributed by atoms with Crippen molar-refractivity contribution in [3.8, 4) is 11.5 Å². The lowest BCUT2D eigenvalue weighted by atomic mass is 9.97. The molecule has 2 aromatic heterocycles. The number of hydrogen-bond donors (Lipinski definition) is 0. The van der Waals surface area contributed by atoms with Gasteiger partial charge in [0.2, 0.25) is 5.89 Å². The highest BCUT2D eigenvalue weighted by Crippen LogP contribution is 2.33. The van der Waals surface area contributed by atoms with Gasteiger partial charge in [-0.1, -0.05) is 36.4 Å². The molecular weight excluding hydrogens is 352 g/mol. The van der Waals surface area contributed by atoms with E-state index < -0.39 is 0 Å². The first-order valence-electron chi connectivity index (χ1n) is 9.19. The van der Waals surface area contributed by atoms with E-state index in [-0.39, 0.29) is 11.9 Å². The standard InChI is InChI=1S/C22H18N4O2/c27-22(19-15-28-21(24-19)16-7-2-1-3-8-16)25-14-18(26-12-6-11-23-26)13-17-9-4-5-10-20(17)25/h1-12,15,18H,13-14H2. The molecule has 0 bridgehead atoms. The molecule has 6 heteroatoms. The van der Waals surface area contributed by atoms with E-state index in [4.69, 9.17) is 4.42 Å². The Morgan fingerprint density at radius 2 is 1.86 bits per heavy atom. The molecule has 1 aliphatic rings. The minimum atomic E-state index is -0.171. The normalized spacial score (nSPS) is 16.0. The molecule has 0 saturated heterocycles. The lowest BCUT2D eigenvalue weighted by Gasteiger charge is -2.34. The zero-order valence-electron chi connectivity index (χ0n) is 15.1. The van der Waals surface area contributed by atoms with Gasteiger partial charge < -0.3 is 9.32 Å². The van der Waals surface area contributed by atoms with E-state index in [1.807, 2.05) is 65.5 Å². The minimum Gasteiger partial charge on any atom is -0.444 e.